The molecular formula is C16H30N2O3. The lowest BCUT2D eigenvalue weighted by Gasteiger charge is -2.44. The predicted molar refractivity (Wildman–Crippen MR) is 82.3 cm³/mol. The van der Waals surface area contributed by atoms with Crippen molar-refractivity contribution < 1.29 is 14.3 Å². The number of rotatable bonds is 6. The number of amides is 1. The quantitative estimate of drug-likeness (QED) is 0.743. The van der Waals surface area contributed by atoms with E-state index in [0.29, 0.717) is 19.3 Å². The van der Waals surface area contributed by atoms with Gasteiger partial charge in [0.1, 0.15) is 0 Å². The molecule has 1 amide bonds. The highest BCUT2D eigenvalue weighted by Gasteiger charge is 2.46. The molecule has 1 saturated heterocycles. The molecule has 0 aromatic heterocycles. The van der Waals surface area contributed by atoms with Crippen LogP contribution < -0.4 is 0 Å². The topological polar surface area (TPSA) is 42.0 Å². The minimum atomic E-state index is 0.216. The summed E-state index contributed by atoms with van der Waals surface area (Å²) in [6.07, 6.45) is 6.22. The summed E-state index contributed by atoms with van der Waals surface area (Å²) in [5.74, 6) is 0.245. The Balaban J connectivity index is 1.90. The molecule has 21 heavy (non-hydrogen) atoms. The van der Waals surface area contributed by atoms with Crippen LogP contribution in [0.25, 0.3) is 0 Å². The van der Waals surface area contributed by atoms with Gasteiger partial charge in [-0.3, -0.25) is 9.69 Å². The fraction of sp³-hybridized carbons (Fsp3) is 0.938. The molecular weight excluding hydrogens is 268 g/mol. The molecule has 0 N–H and O–H groups in total. The Kier molecular flexibility index (Phi) is 6.02. The van der Waals surface area contributed by atoms with Crippen LogP contribution >= 0.6 is 0 Å². The van der Waals surface area contributed by atoms with Crippen LogP contribution in [0.3, 0.4) is 0 Å². The van der Waals surface area contributed by atoms with Crippen LogP contribution in [0.5, 0.6) is 0 Å². The zero-order valence-corrected chi connectivity index (χ0v) is 13.8. The Hall–Kier alpha value is -0.650. The zero-order valence-electron chi connectivity index (χ0n) is 13.8. The van der Waals surface area contributed by atoms with Gasteiger partial charge >= 0.3 is 0 Å². The molecule has 0 radical (unpaired) electrons. The van der Waals surface area contributed by atoms with Gasteiger partial charge in [-0.05, 0) is 32.7 Å². The van der Waals surface area contributed by atoms with Gasteiger partial charge in [-0.1, -0.05) is 6.42 Å². The maximum atomic E-state index is 12.5. The summed E-state index contributed by atoms with van der Waals surface area (Å²) in [5, 5.41) is 0. The first-order valence-electron chi connectivity index (χ1n) is 8.09. The number of hydrogen-bond acceptors (Lipinski definition) is 4. The smallest absolute Gasteiger partial charge is 0.236 e. The van der Waals surface area contributed by atoms with E-state index < -0.39 is 0 Å². The van der Waals surface area contributed by atoms with E-state index in [-0.39, 0.29) is 11.3 Å². The molecule has 1 spiro atoms. The Morgan fingerprint density at radius 2 is 2.10 bits per heavy atom. The maximum absolute atomic E-state index is 12.5. The van der Waals surface area contributed by atoms with Gasteiger partial charge in [-0.2, -0.15) is 0 Å². The summed E-state index contributed by atoms with van der Waals surface area (Å²) in [4.78, 5) is 16.6. The van der Waals surface area contributed by atoms with Gasteiger partial charge in [0.25, 0.3) is 0 Å². The third kappa shape index (κ3) is 3.96. The van der Waals surface area contributed by atoms with Crippen molar-refractivity contribution in [1.82, 2.24) is 9.80 Å². The molecule has 1 aliphatic carbocycles. The molecule has 5 nitrogen and oxygen atoms in total. The fourth-order valence-corrected chi connectivity index (χ4v) is 3.97. The van der Waals surface area contributed by atoms with E-state index in [0.717, 1.165) is 32.5 Å². The van der Waals surface area contributed by atoms with Crippen LogP contribution in [-0.4, -0.2) is 75.9 Å². The summed E-state index contributed by atoms with van der Waals surface area (Å²) < 4.78 is 10.8. The molecule has 0 aromatic rings. The normalized spacial score (nSPS) is 29.5. The van der Waals surface area contributed by atoms with Gasteiger partial charge in [0.05, 0.1) is 19.3 Å². The Morgan fingerprint density at radius 1 is 1.33 bits per heavy atom. The van der Waals surface area contributed by atoms with Gasteiger partial charge in [0, 0.05) is 39.3 Å². The monoisotopic (exact) mass is 298 g/mol. The van der Waals surface area contributed by atoms with Crippen molar-refractivity contribution in [2.24, 2.45) is 5.41 Å². The number of piperidine rings is 1. The van der Waals surface area contributed by atoms with Crippen molar-refractivity contribution in [3.63, 3.8) is 0 Å². The first kappa shape index (κ1) is 16.7. The summed E-state index contributed by atoms with van der Waals surface area (Å²) in [6, 6.07) is 0. The van der Waals surface area contributed by atoms with E-state index in [2.05, 4.69) is 4.90 Å². The van der Waals surface area contributed by atoms with Crippen LogP contribution in [0.2, 0.25) is 0 Å². The third-order valence-corrected chi connectivity index (χ3v) is 5.15. The van der Waals surface area contributed by atoms with Crippen LogP contribution in [0.4, 0.5) is 0 Å². The minimum Gasteiger partial charge on any atom is -0.383 e. The van der Waals surface area contributed by atoms with Crippen molar-refractivity contribution >= 4 is 5.91 Å². The Morgan fingerprint density at radius 3 is 2.81 bits per heavy atom. The number of nitrogens with zero attached hydrogens (tertiary/aromatic N) is 2. The molecule has 1 saturated carbocycles. The highest BCUT2D eigenvalue weighted by molar-refractivity contribution is 5.78. The highest BCUT2D eigenvalue weighted by atomic mass is 16.5. The maximum Gasteiger partial charge on any atom is 0.236 e. The second-order valence-electron chi connectivity index (χ2n) is 6.63. The number of hydrogen-bond donors (Lipinski definition) is 0. The predicted octanol–water partition coefficient (Wildman–Crippen LogP) is 1.37. The zero-order chi connectivity index (χ0) is 15.3. The van der Waals surface area contributed by atoms with Crippen molar-refractivity contribution in [2.45, 2.75) is 38.2 Å². The van der Waals surface area contributed by atoms with E-state index in [1.54, 1.807) is 7.11 Å². The summed E-state index contributed by atoms with van der Waals surface area (Å²) in [7, 11) is 5.48. The van der Waals surface area contributed by atoms with E-state index in [4.69, 9.17) is 9.47 Å². The van der Waals surface area contributed by atoms with E-state index in [9.17, 15) is 4.79 Å². The number of carbonyl (C=O) groups is 1. The van der Waals surface area contributed by atoms with Gasteiger partial charge in [-0.25, -0.2) is 0 Å². The van der Waals surface area contributed by atoms with Gasteiger partial charge in [0.2, 0.25) is 5.91 Å². The van der Waals surface area contributed by atoms with Crippen LogP contribution in [0.15, 0.2) is 0 Å². The third-order valence-electron chi connectivity index (χ3n) is 5.15. The number of likely N-dealkylation sites (tertiary alicyclic amines) is 1. The van der Waals surface area contributed by atoms with Gasteiger partial charge in [0.15, 0.2) is 0 Å². The molecule has 2 fully saturated rings. The second-order valence-corrected chi connectivity index (χ2v) is 6.63. The average Bonchev–Trinajstić information content (AvgIpc) is 2.87. The molecule has 0 unspecified atom stereocenters. The first-order chi connectivity index (χ1) is 10.1. The van der Waals surface area contributed by atoms with E-state index >= 15 is 0 Å². The van der Waals surface area contributed by atoms with E-state index in [1.165, 1.54) is 19.3 Å². The average molecular weight is 298 g/mol. The molecule has 0 bridgehead atoms. The highest BCUT2D eigenvalue weighted by Crippen LogP contribution is 2.46. The van der Waals surface area contributed by atoms with Crippen molar-refractivity contribution in [3.8, 4) is 0 Å². The number of carbonyl (C=O) groups excluding carboxylic acids is 1. The lowest BCUT2D eigenvalue weighted by Crippen LogP contribution is -2.51. The molecule has 2 atom stereocenters. The van der Waals surface area contributed by atoms with Crippen LogP contribution in [0, 0.1) is 5.41 Å². The van der Waals surface area contributed by atoms with Gasteiger partial charge in [-0.15, -0.1) is 0 Å². The fourth-order valence-electron chi connectivity index (χ4n) is 3.97. The lowest BCUT2D eigenvalue weighted by molar-refractivity contribution is -0.138. The van der Waals surface area contributed by atoms with Crippen molar-refractivity contribution in [3.05, 3.63) is 0 Å². The number of methoxy groups -OCH3 is 2. The van der Waals surface area contributed by atoms with Crippen LogP contribution in [0.1, 0.15) is 32.1 Å². The number of ether oxygens (including phenoxy) is 2. The molecule has 5 heteroatoms. The molecule has 2 aliphatic rings. The summed E-state index contributed by atoms with van der Waals surface area (Å²) in [5.41, 5.74) is 0.216. The number of likely N-dealkylation sites (N-methyl/N-ethyl adjacent to an activating group) is 1. The molecule has 2 rings (SSSR count). The minimum absolute atomic E-state index is 0.216. The second kappa shape index (κ2) is 7.56. The van der Waals surface area contributed by atoms with E-state index in [1.807, 2.05) is 19.1 Å². The summed E-state index contributed by atoms with van der Waals surface area (Å²) in [6.45, 7) is 3.72. The molecule has 1 aliphatic heterocycles. The largest absolute Gasteiger partial charge is 0.383 e. The van der Waals surface area contributed by atoms with Gasteiger partial charge < -0.3 is 14.4 Å². The van der Waals surface area contributed by atoms with Crippen molar-refractivity contribution in [2.75, 3.05) is 54.1 Å². The molecule has 0 aromatic carbocycles. The van der Waals surface area contributed by atoms with Crippen LogP contribution in [-0.2, 0) is 14.3 Å². The lowest BCUT2D eigenvalue weighted by atomic mass is 9.76. The standard InChI is InChI=1S/C16H30N2O3/c1-17(10-11-20-2)12-15(19)18-9-5-8-16(13-18)7-4-6-14(16)21-3/h14H,4-13H2,1-3H3/t14-,16+/m1/s1. The molecule has 122 valence electrons. The van der Waals surface area contributed by atoms with Crippen molar-refractivity contribution in [1.29, 1.82) is 0 Å². The Bertz CT molecular complexity index is 350. The SMILES string of the molecule is COCCN(C)CC(=O)N1CCC[C@@]2(CCC[C@H]2OC)C1. The Labute approximate surface area is 128 Å². The molecule has 1 heterocycles. The first-order valence-corrected chi connectivity index (χ1v) is 8.09. The summed E-state index contributed by atoms with van der Waals surface area (Å²) >= 11 is 0.